The lowest BCUT2D eigenvalue weighted by Crippen LogP contribution is -2.13. The van der Waals surface area contributed by atoms with Crippen molar-refractivity contribution in [3.05, 3.63) is 33.0 Å². The summed E-state index contributed by atoms with van der Waals surface area (Å²) < 4.78 is 2.17. The van der Waals surface area contributed by atoms with Crippen LogP contribution in [-0.4, -0.2) is 19.7 Å². The van der Waals surface area contributed by atoms with Gasteiger partial charge in [0, 0.05) is 12.7 Å². The Bertz CT molecular complexity index is 650. The molecule has 0 unspecified atom stereocenters. The summed E-state index contributed by atoms with van der Waals surface area (Å²) in [6.45, 7) is 4.06. The van der Waals surface area contributed by atoms with E-state index in [1.807, 2.05) is 19.9 Å². The lowest BCUT2D eigenvalue weighted by molar-refractivity contribution is 0.814. The highest BCUT2D eigenvalue weighted by Gasteiger charge is 2.11. The molecular weight excluding hydrogens is 236 g/mol. The van der Waals surface area contributed by atoms with Gasteiger partial charge in [0.1, 0.15) is 0 Å². The molecule has 0 aromatic carbocycles. The van der Waals surface area contributed by atoms with Crippen LogP contribution in [-0.2, 0) is 7.05 Å². The van der Waals surface area contributed by atoms with Crippen LogP contribution in [0.4, 0.5) is 0 Å². The van der Waals surface area contributed by atoms with E-state index in [0.29, 0.717) is 22.1 Å². The van der Waals surface area contributed by atoms with Crippen LogP contribution < -0.4 is 5.56 Å². The van der Waals surface area contributed by atoms with Crippen LogP contribution in [0.3, 0.4) is 0 Å². The summed E-state index contributed by atoms with van der Waals surface area (Å²) in [4.78, 5) is 14.8. The van der Waals surface area contributed by atoms with Crippen LogP contribution >= 0.6 is 12.2 Å². The number of aromatic nitrogens is 4. The fourth-order valence-corrected chi connectivity index (χ4v) is 1.72. The van der Waals surface area contributed by atoms with Gasteiger partial charge in [-0.15, -0.1) is 0 Å². The molecule has 0 amide bonds. The average Bonchev–Trinajstić information content (AvgIpc) is 2.60. The molecule has 17 heavy (non-hydrogen) atoms. The number of hydrogen-bond donors (Lipinski definition) is 2. The zero-order valence-electron chi connectivity index (χ0n) is 9.94. The maximum Gasteiger partial charge on any atom is 0.259 e. The lowest BCUT2D eigenvalue weighted by Gasteiger charge is -2.06. The molecule has 2 N–H and O–H groups in total. The molecule has 2 heterocycles. The zero-order valence-corrected chi connectivity index (χ0v) is 10.8. The van der Waals surface area contributed by atoms with Gasteiger partial charge in [-0.3, -0.25) is 9.89 Å². The van der Waals surface area contributed by atoms with Gasteiger partial charge in [0.2, 0.25) is 0 Å². The maximum absolute atomic E-state index is 11.9. The number of hydrogen-bond acceptors (Lipinski definition) is 3. The van der Waals surface area contributed by atoms with Crippen LogP contribution in [0.1, 0.15) is 25.5 Å². The van der Waals surface area contributed by atoms with Crippen LogP contribution in [0.2, 0.25) is 0 Å². The summed E-state index contributed by atoms with van der Waals surface area (Å²) in [6.07, 6.45) is 0. The van der Waals surface area contributed by atoms with Gasteiger partial charge in [-0.1, -0.05) is 13.8 Å². The van der Waals surface area contributed by atoms with E-state index in [-0.39, 0.29) is 5.56 Å². The van der Waals surface area contributed by atoms with Crippen molar-refractivity contribution in [2.75, 3.05) is 0 Å². The van der Waals surface area contributed by atoms with Crippen molar-refractivity contribution < 1.29 is 0 Å². The van der Waals surface area contributed by atoms with E-state index in [2.05, 4.69) is 15.2 Å². The topological polar surface area (TPSA) is 66.5 Å². The minimum Gasteiger partial charge on any atom is -0.325 e. The third kappa shape index (κ3) is 2.08. The van der Waals surface area contributed by atoms with Crippen LogP contribution in [0.15, 0.2) is 16.9 Å². The lowest BCUT2D eigenvalue weighted by atomic mass is 10.1. The Morgan fingerprint density at radius 3 is 2.59 bits per heavy atom. The molecular formula is C11H14N4OS. The summed E-state index contributed by atoms with van der Waals surface area (Å²) in [7, 11) is 1.77. The number of rotatable bonds is 2. The first-order chi connectivity index (χ1) is 8.00. The highest BCUT2D eigenvalue weighted by molar-refractivity contribution is 7.71. The highest BCUT2D eigenvalue weighted by Crippen LogP contribution is 2.14. The molecule has 5 nitrogen and oxygen atoms in total. The monoisotopic (exact) mass is 250 g/mol. The summed E-state index contributed by atoms with van der Waals surface area (Å²) in [6, 6.07) is 3.68. The Kier molecular flexibility index (Phi) is 2.97. The molecule has 6 heteroatoms. The van der Waals surface area contributed by atoms with E-state index in [1.165, 1.54) is 0 Å². The summed E-state index contributed by atoms with van der Waals surface area (Å²) in [5.74, 6) is 0.839. The maximum atomic E-state index is 11.9. The Labute approximate surface area is 104 Å². The largest absolute Gasteiger partial charge is 0.325 e. The van der Waals surface area contributed by atoms with Gasteiger partial charge in [0.15, 0.2) is 10.6 Å². The molecule has 0 bridgehead atoms. The minimum atomic E-state index is -0.145. The van der Waals surface area contributed by atoms with Crippen molar-refractivity contribution in [2.24, 2.45) is 7.05 Å². The highest BCUT2D eigenvalue weighted by atomic mass is 32.1. The Balaban J connectivity index is 2.59. The molecule has 0 aliphatic heterocycles. The fourth-order valence-electron chi connectivity index (χ4n) is 1.59. The Hall–Kier alpha value is -1.69. The standard InChI is InChI=1S/C11H14N4OS/c1-6(2)8-5-4-7(10(16)12-8)9-13-14-11(17)15(9)3/h4-6H,1-3H3,(H,12,16)(H,14,17). The van der Waals surface area contributed by atoms with E-state index in [1.54, 1.807) is 17.7 Å². The Morgan fingerprint density at radius 1 is 1.41 bits per heavy atom. The zero-order chi connectivity index (χ0) is 12.6. The third-order valence-electron chi connectivity index (χ3n) is 2.67. The van der Waals surface area contributed by atoms with Crippen molar-refractivity contribution in [3.8, 4) is 11.4 Å². The number of nitrogens with one attached hydrogen (secondary N) is 2. The quantitative estimate of drug-likeness (QED) is 0.801. The molecule has 0 saturated carbocycles. The first-order valence-electron chi connectivity index (χ1n) is 5.35. The first-order valence-corrected chi connectivity index (χ1v) is 5.76. The van der Waals surface area contributed by atoms with E-state index < -0.39 is 0 Å². The van der Waals surface area contributed by atoms with Gasteiger partial charge in [-0.25, -0.2) is 0 Å². The van der Waals surface area contributed by atoms with Crippen LogP contribution in [0.5, 0.6) is 0 Å². The van der Waals surface area contributed by atoms with Gasteiger partial charge in [0.05, 0.1) is 5.56 Å². The van der Waals surface area contributed by atoms with Crippen molar-refractivity contribution in [2.45, 2.75) is 19.8 Å². The Morgan fingerprint density at radius 2 is 2.12 bits per heavy atom. The molecule has 0 aliphatic rings. The summed E-state index contributed by atoms with van der Waals surface area (Å²) in [5.41, 5.74) is 1.29. The third-order valence-corrected chi connectivity index (χ3v) is 3.04. The van der Waals surface area contributed by atoms with Crippen LogP contribution in [0, 0.1) is 4.77 Å². The molecule has 90 valence electrons. The second-order valence-corrected chi connectivity index (χ2v) is 4.61. The predicted molar refractivity (Wildman–Crippen MR) is 68.5 cm³/mol. The second-order valence-electron chi connectivity index (χ2n) is 4.22. The average molecular weight is 250 g/mol. The van der Waals surface area contributed by atoms with Gasteiger partial charge in [-0.2, -0.15) is 5.10 Å². The fraction of sp³-hybridized carbons (Fsp3) is 0.364. The molecule has 2 aromatic rings. The van der Waals surface area contributed by atoms with Crippen molar-refractivity contribution in [3.63, 3.8) is 0 Å². The number of aromatic amines is 2. The van der Waals surface area contributed by atoms with Crippen molar-refractivity contribution in [1.29, 1.82) is 0 Å². The smallest absolute Gasteiger partial charge is 0.259 e. The van der Waals surface area contributed by atoms with Crippen LogP contribution in [0.25, 0.3) is 11.4 Å². The molecule has 0 saturated heterocycles. The van der Waals surface area contributed by atoms with Gasteiger partial charge >= 0.3 is 0 Å². The number of pyridine rings is 1. The molecule has 0 atom stereocenters. The number of H-pyrrole nitrogens is 2. The minimum absolute atomic E-state index is 0.145. The van der Waals surface area contributed by atoms with E-state index >= 15 is 0 Å². The molecule has 2 rings (SSSR count). The van der Waals surface area contributed by atoms with E-state index in [0.717, 1.165) is 5.69 Å². The van der Waals surface area contributed by atoms with Gasteiger partial charge < -0.3 is 9.55 Å². The summed E-state index contributed by atoms with van der Waals surface area (Å²) in [5, 5.41) is 6.71. The van der Waals surface area contributed by atoms with E-state index in [4.69, 9.17) is 12.2 Å². The molecule has 0 radical (unpaired) electrons. The summed E-state index contributed by atoms with van der Waals surface area (Å²) >= 11 is 5.02. The molecule has 0 fully saturated rings. The van der Waals surface area contributed by atoms with Gasteiger partial charge in [-0.05, 0) is 30.3 Å². The number of nitrogens with zero attached hydrogens (tertiary/aromatic N) is 2. The second kappa shape index (κ2) is 4.29. The van der Waals surface area contributed by atoms with Crippen molar-refractivity contribution in [1.82, 2.24) is 19.7 Å². The SMILES string of the molecule is CC(C)c1ccc(-c2n[nH]c(=S)n2C)c(=O)[nH]1. The predicted octanol–water partition coefficient (Wildman–Crippen LogP) is 1.96. The molecule has 0 spiro atoms. The van der Waals surface area contributed by atoms with E-state index in [9.17, 15) is 4.79 Å². The molecule has 0 aliphatic carbocycles. The molecule has 2 aromatic heterocycles. The van der Waals surface area contributed by atoms with Gasteiger partial charge in [0.25, 0.3) is 5.56 Å². The first kappa shape index (κ1) is 11.8. The van der Waals surface area contributed by atoms with Crippen molar-refractivity contribution >= 4 is 12.2 Å². The normalized spacial score (nSPS) is 11.1.